The van der Waals surface area contributed by atoms with E-state index in [0.717, 1.165) is 67.5 Å². The van der Waals surface area contributed by atoms with Crippen molar-refractivity contribution in [2.75, 3.05) is 93.5 Å². The predicted octanol–water partition coefficient (Wildman–Crippen LogP) is 14.7. The first-order valence-corrected chi connectivity index (χ1v) is 32.7. The van der Waals surface area contributed by atoms with Crippen LogP contribution in [0, 0.1) is 0 Å². The van der Waals surface area contributed by atoms with Gasteiger partial charge in [-0.2, -0.15) is 0 Å². The second-order valence-electron chi connectivity index (χ2n) is 24.2. The van der Waals surface area contributed by atoms with Crippen molar-refractivity contribution in [2.45, 2.75) is 170 Å². The molecule has 0 aromatic heterocycles. The molecule has 506 valence electrons. The smallest absolute Gasteiger partial charge is 0.119 e. The van der Waals surface area contributed by atoms with Gasteiger partial charge >= 0.3 is 0 Å². The van der Waals surface area contributed by atoms with E-state index in [2.05, 4.69) is 97.1 Å². The monoisotopic (exact) mass is 1270 g/mol. The highest BCUT2D eigenvalue weighted by Gasteiger charge is 2.17. The lowest BCUT2D eigenvalue weighted by atomic mass is 10.0. The number of benzene rings is 6. The van der Waals surface area contributed by atoms with Crippen LogP contribution in [0.15, 0.2) is 146 Å². The highest BCUT2D eigenvalue weighted by Crippen LogP contribution is 2.28. The molecule has 16 heteroatoms. The Labute approximate surface area is 549 Å². The zero-order chi connectivity index (χ0) is 66.0. The standard InChI is InChI=1S/C76H106O16/c1-53(77-13)39-79-55(3)41-81-57(5)43-83-59(7)45-85-61(9)47-87-63(11)49-89-73-31-23-69(24-32-73)67-19-15-65(16-20-67)51-91-75-35-27-71(28-36-75)72-29-37-76(38-30-72)92-52-66-17-21-68(22-18-66)70-25-33-74(34-26-70)90-50-64(12)88-48-62(10)86-46-60(8)84-44-58(6)82-42-56(4)80-40-54(2)78-14/h15-38,53-64H,39-52H2,1-14H3. The number of methoxy groups -OCH3 is 2. The summed E-state index contributed by atoms with van der Waals surface area (Å²) in [6, 6.07) is 49.5. The van der Waals surface area contributed by atoms with Crippen LogP contribution in [0.4, 0.5) is 0 Å². The largest absolute Gasteiger partial charge is 0.491 e. The van der Waals surface area contributed by atoms with Crippen molar-refractivity contribution in [3.63, 3.8) is 0 Å². The minimum Gasteiger partial charge on any atom is -0.491 e. The maximum absolute atomic E-state index is 6.19. The molecular weight excluding hydrogens is 1170 g/mol. The van der Waals surface area contributed by atoms with Crippen LogP contribution in [0.25, 0.3) is 33.4 Å². The van der Waals surface area contributed by atoms with Gasteiger partial charge in [-0.3, -0.25) is 0 Å². The van der Waals surface area contributed by atoms with Gasteiger partial charge in [0.25, 0.3) is 0 Å². The molecule has 16 nitrogen and oxygen atoms in total. The Morgan fingerprint density at radius 1 is 0.196 bits per heavy atom. The van der Waals surface area contributed by atoms with Gasteiger partial charge in [0.2, 0.25) is 0 Å². The van der Waals surface area contributed by atoms with Crippen molar-refractivity contribution in [3.05, 3.63) is 157 Å². The molecule has 0 aliphatic carbocycles. The van der Waals surface area contributed by atoms with Gasteiger partial charge in [-0.25, -0.2) is 0 Å². The molecule has 0 saturated heterocycles. The average molecular weight is 1280 g/mol. The summed E-state index contributed by atoms with van der Waals surface area (Å²) >= 11 is 0. The summed E-state index contributed by atoms with van der Waals surface area (Å²) in [4.78, 5) is 0. The average Bonchev–Trinajstić information content (AvgIpc) is 1.11. The summed E-state index contributed by atoms with van der Waals surface area (Å²) in [5.74, 6) is 3.19. The summed E-state index contributed by atoms with van der Waals surface area (Å²) in [5.41, 5.74) is 8.79. The van der Waals surface area contributed by atoms with Crippen LogP contribution in [0.1, 0.15) is 94.2 Å². The number of hydrogen-bond acceptors (Lipinski definition) is 16. The second-order valence-corrected chi connectivity index (χ2v) is 24.2. The first-order valence-electron chi connectivity index (χ1n) is 32.7. The van der Waals surface area contributed by atoms with Crippen LogP contribution in [-0.2, 0) is 70.1 Å². The third-order valence-corrected chi connectivity index (χ3v) is 15.1. The molecule has 0 aliphatic heterocycles. The zero-order valence-corrected chi connectivity index (χ0v) is 57.2. The Hall–Kier alpha value is -5.96. The molecule has 12 atom stereocenters. The van der Waals surface area contributed by atoms with Crippen LogP contribution < -0.4 is 18.9 Å². The van der Waals surface area contributed by atoms with Gasteiger partial charge in [-0.1, -0.05) is 97.1 Å². The zero-order valence-electron chi connectivity index (χ0n) is 57.2. The van der Waals surface area contributed by atoms with Crippen molar-refractivity contribution in [1.29, 1.82) is 0 Å². The van der Waals surface area contributed by atoms with E-state index in [1.807, 2.05) is 132 Å². The summed E-state index contributed by atoms with van der Waals surface area (Å²) in [7, 11) is 3.35. The van der Waals surface area contributed by atoms with E-state index >= 15 is 0 Å². The molecule has 6 aromatic rings. The molecule has 6 aromatic carbocycles. The number of rotatable bonds is 47. The van der Waals surface area contributed by atoms with Crippen LogP contribution in [-0.4, -0.2) is 167 Å². The van der Waals surface area contributed by atoms with Crippen molar-refractivity contribution < 1.29 is 75.8 Å². The van der Waals surface area contributed by atoms with E-state index < -0.39 is 0 Å². The Morgan fingerprint density at radius 3 is 0.554 bits per heavy atom. The van der Waals surface area contributed by atoms with E-state index in [9.17, 15) is 0 Å². The SMILES string of the molecule is COC(C)COC(C)COC(C)COC(C)COC(C)COC(C)COc1ccc(-c2ccc(COc3ccc(-c4ccc(OCc5ccc(-c6ccc(OCC(C)OCC(C)OCC(C)OCC(C)OCC(C)OCC(C)OC)cc6)cc5)cc4)cc3)cc2)cc1. The van der Waals surface area contributed by atoms with Crippen LogP contribution in [0.5, 0.6) is 23.0 Å². The Kier molecular flexibility index (Phi) is 34.0. The van der Waals surface area contributed by atoms with Gasteiger partial charge in [0.1, 0.15) is 49.4 Å². The summed E-state index contributed by atoms with van der Waals surface area (Å²) in [5, 5.41) is 0. The van der Waals surface area contributed by atoms with Crippen molar-refractivity contribution >= 4 is 0 Å². The lowest BCUT2D eigenvalue weighted by Crippen LogP contribution is -2.29. The molecule has 0 spiro atoms. The Bertz CT molecular complexity index is 2660. The summed E-state index contributed by atoms with van der Waals surface area (Å²) < 4.78 is 94.2. The topological polar surface area (TPSA) is 148 Å². The van der Waals surface area contributed by atoms with Gasteiger partial charge in [-0.05, 0) is 176 Å². The minimum absolute atomic E-state index is 0.0205. The quantitative estimate of drug-likeness (QED) is 0.0356. The Balaban J connectivity index is 0.799. The lowest BCUT2D eigenvalue weighted by molar-refractivity contribution is -0.101. The van der Waals surface area contributed by atoms with E-state index in [0.29, 0.717) is 92.5 Å². The molecule has 92 heavy (non-hydrogen) atoms. The third-order valence-electron chi connectivity index (χ3n) is 15.1. The molecule has 12 unspecified atom stereocenters. The van der Waals surface area contributed by atoms with Crippen LogP contribution in [0.3, 0.4) is 0 Å². The van der Waals surface area contributed by atoms with E-state index in [4.69, 9.17) is 75.8 Å². The Morgan fingerprint density at radius 2 is 0.359 bits per heavy atom. The normalized spacial score (nSPS) is 15.7. The van der Waals surface area contributed by atoms with Gasteiger partial charge in [0.15, 0.2) is 0 Å². The molecule has 0 saturated carbocycles. The van der Waals surface area contributed by atoms with E-state index in [1.165, 1.54) is 0 Å². The van der Waals surface area contributed by atoms with Crippen LogP contribution >= 0.6 is 0 Å². The van der Waals surface area contributed by atoms with E-state index in [1.54, 1.807) is 14.2 Å². The molecule has 0 aliphatic rings. The van der Waals surface area contributed by atoms with Gasteiger partial charge in [0, 0.05) is 14.2 Å². The fourth-order valence-corrected chi connectivity index (χ4v) is 8.94. The van der Waals surface area contributed by atoms with Gasteiger partial charge < -0.3 is 75.8 Å². The minimum atomic E-state index is -0.111. The molecule has 0 bridgehead atoms. The first-order chi connectivity index (χ1) is 44.4. The number of hydrogen-bond donors (Lipinski definition) is 0. The number of ether oxygens (including phenoxy) is 16. The molecular formula is C76H106O16. The van der Waals surface area contributed by atoms with Crippen molar-refractivity contribution in [1.82, 2.24) is 0 Å². The maximum Gasteiger partial charge on any atom is 0.119 e. The van der Waals surface area contributed by atoms with Crippen molar-refractivity contribution in [2.24, 2.45) is 0 Å². The molecule has 0 N–H and O–H groups in total. The molecule has 0 radical (unpaired) electrons. The lowest BCUT2D eigenvalue weighted by Gasteiger charge is -2.22. The van der Waals surface area contributed by atoms with Gasteiger partial charge in [-0.15, -0.1) is 0 Å². The van der Waals surface area contributed by atoms with E-state index in [-0.39, 0.29) is 73.2 Å². The van der Waals surface area contributed by atoms with Crippen molar-refractivity contribution in [3.8, 4) is 56.4 Å². The predicted molar refractivity (Wildman–Crippen MR) is 362 cm³/mol. The van der Waals surface area contributed by atoms with Crippen LogP contribution in [0.2, 0.25) is 0 Å². The van der Waals surface area contributed by atoms with Gasteiger partial charge in [0.05, 0.1) is 139 Å². The molecule has 6 rings (SSSR count). The maximum atomic E-state index is 6.19. The fraction of sp³-hybridized carbons (Fsp3) is 0.526. The summed E-state index contributed by atoms with van der Waals surface area (Å²) in [6.45, 7) is 30.5. The highest BCUT2D eigenvalue weighted by molar-refractivity contribution is 5.66. The molecule has 0 amide bonds. The highest BCUT2D eigenvalue weighted by atomic mass is 16.6. The fourth-order valence-electron chi connectivity index (χ4n) is 8.94. The molecule has 0 fully saturated rings. The molecule has 0 heterocycles. The first kappa shape index (κ1) is 75.1. The summed E-state index contributed by atoms with van der Waals surface area (Å²) in [6.07, 6.45) is -0.612. The second kappa shape index (κ2) is 41.7. The third kappa shape index (κ3) is 29.5.